The Morgan fingerprint density at radius 1 is 0.237 bits per heavy atom. The van der Waals surface area contributed by atoms with E-state index in [1.165, 1.54) is 27.8 Å². The maximum atomic E-state index is 5.32. The third-order valence-corrected chi connectivity index (χ3v) is 15.8. The molecule has 5 heteroatoms. The fourth-order valence-electron chi connectivity index (χ4n) is 11.1. The Labute approximate surface area is 468 Å². The first-order valence-corrected chi connectivity index (χ1v) is 27.3. The van der Waals surface area contributed by atoms with E-state index >= 15 is 0 Å². The van der Waals surface area contributed by atoms with E-state index in [-0.39, 0.29) is 0 Å². The van der Waals surface area contributed by atoms with Crippen LogP contribution in [0.15, 0.2) is 273 Å². The topological polar surface area (TPSA) is 48.5 Å². The first kappa shape index (κ1) is 49.3. The van der Waals surface area contributed by atoms with Gasteiger partial charge in [0, 0.05) is 28.7 Å². The van der Waals surface area contributed by atoms with E-state index in [1.807, 2.05) is 21.8 Å². The summed E-state index contributed by atoms with van der Waals surface area (Å²) >= 11 is 0. The highest BCUT2D eigenvalue weighted by molar-refractivity contribution is 5.97. The second-order valence-corrected chi connectivity index (χ2v) is 20.7. The smallest absolute Gasteiger partial charge is 0.0708 e. The molecule has 13 rings (SSSR count). The van der Waals surface area contributed by atoms with Crippen LogP contribution in [0.1, 0.15) is 22.5 Å². The molecule has 0 aliphatic carbocycles. The number of nitrogens with zero attached hydrogens (tertiary/aromatic N) is 5. The van der Waals surface area contributed by atoms with Crippen molar-refractivity contribution in [1.29, 1.82) is 0 Å². The average Bonchev–Trinajstić information content (AvgIpc) is 4.08. The van der Waals surface area contributed by atoms with Crippen molar-refractivity contribution in [3.63, 3.8) is 0 Å². The molecule has 0 saturated heterocycles. The predicted octanol–water partition coefficient (Wildman–Crippen LogP) is 19.4. The minimum absolute atomic E-state index is 0.912. The number of rotatable bonds is 12. The summed E-state index contributed by atoms with van der Waals surface area (Å²) in [5.41, 5.74) is 29.0. The van der Waals surface area contributed by atoms with E-state index in [9.17, 15) is 0 Å². The van der Waals surface area contributed by atoms with Crippen molar-refractivity contribution in [2.45, 2.75) is 27.7 Å². The van der Waals surface area contributed by atoms with Crippen molar-refractivity contribution < 1.29 is 0 Å². The second-order valence-electron chi connectivity index (χ2n) is 20.7. The molecule has 0 spiro atoms. The van der Waals surface area contributed by atoms with Gasteiger partial charge in [-0.05, 0) is 188 Å². The third kappa shape index (κ3) is 9.56. The number of hydrogen-bond donors (Lipinski definition) is 0. The summed E-state index contributed by atoms with van der Waals surface area (Å²) in [6, 6.07) is 92.3. The highest BCUT2D eigenvalue weighted by atomic mass is 15.3. The molecule has 3 heterocycles. The van der Waals surface area contributed by atoms with Crippen LogP contribution in [0.3, 0.4) is 0 Å². The summed E-state index contributed by atoms with van der Waals surface area (Å²) in [5, 5.41) is 9.38. The quantitative estimate of drug-likeness (QED) is 0.123. The lowest BCUT2D eigenvalue weighted by molar-refractivity contribution is 0.846. The molecule has 10 aromatic carbocycles. The first-order valence-electron chi connectivity index (χ1n) is 27.3. The lowest BCUT2D eigenvalue weighted by Gasteiger charge is -2.19. The maximum absolute atomic E-state index is 5.32. The van der Waals surface area contributed by atoms with Crippen LogP contribution < -0.4 is 0 Å². The molecule has 0 bridgehead atoms. The lowest BCUT2D eigenvalue weighted by Crippen LogP contribution is -1.99. The van der Waals surface area contributed by atoms with Crippen LogP contribution in [0.25, 0.3) is 123 Å². The highest BCUT2D eigenvalue weighted by Gasteiger charge is 2.20. The molecule has 0 aliphatic rings. The molecule has 0 fully saturated rings. The van der Waals surface area contributed by atoms with Crippen LogP contribution in [0.4, 0.5) is 0 Å². The zero-order valence-corrected chi connectivity index (χ0v) is 45.2. The van der Waals surface area contributed by atoms with Gasteiger partial charge in [0.15, 0.2) is 0 Å². The largest absolute Gasteiger partial charge is 0.256 e. The van der Waals surface area contributed by atoms with Gasteiger partial charge in [-0.15, -0.1) is 0 Å². The van der Waals surface area contributed by atoms with Crippen LogP contribution in [0.2, 0.25) is 0 Å². The molecule has 0 aliphatic heterocycles. The van der Waals surface area contributed by atoms with Crippen LogP contribution in [0, 0.1) is 27.7 Å². The number of pyridine rings is 1. The van der Waals surface area contributed by atoms with Gasteiger partial charge in [0.05, 0.1) is 29.5 Å². The van der Waals surface area contributed by atoms with Crippen molar-refractivity contribution in [1.82, 2.24) is 24.5 Å². The van der Waals surface area contributed by atoms with Crippen LogP contribution in [-0.4, -0.2) is 24.5 Å². The molecule has 5 nitrogen and oxygen atoms in total. The van der Waals surface area contributed by atoms with Gasteiger partial charge in [0.1, 0.15) is 0 Å². The first-order chi connectivity index (χ1) is 39.3. The van der Waals surface area contributed by atoms with E-state index in [4.69, 9.17) is 4.98 Å². The number of aryl methyl sites for hydroxylation is 2. The Morgan fingerprint density at radius 3 is 1.04 bits per heavy atom. The molecule has 13 aromatic rings. The normalized spacial score (nSPS) is 11.2. The Bertz CT molecular complexity index is 4210. The Morgan fingerprint density at radius 2 is 0.575 bits per heavy atom. The van der Waals surface area contributed by atoms with Crippen LogP contribution in [0.5, 0.6) is 0 Å². The monoisotopic (exact) mass is 1030 g/mol. The fraction of sp³-hybridized carbons (Fsp3) is 0.0533. The summed E-state index contributed by atoms with van der Waals surface area (Å²) in [7, 11) is 0. The molecule has 0 amide bonds. The van der Waals surface area contributed by atoms with Gasteiger partial charge in [-0.3, -0.25) is 4.98 Å². The molecule has 0 radical (unpaired) electrons. The SMILES string of the molecule is Cc1cnn(-c2ccc(-c3ccccc3-c3cc(-c4ccccc4-c4ccc(-n5ncc(C)c5C)cc4)cc(-c4ccccc4-c4cnc(-c5cccc(-c6ccccc6)c5)cc4-c4ccc(-c5ccccc5)cc4)c3)cc2)c1C. The third-order valence-electron chi connectivity index (χ3n) is 15.8. The minimum Gasteiger partial charge on any atom is -0.256 e. The molecule has 382 valence electrons. The average molecular weight is 1030 g/mol. The zero-order chi connectivity index (χ0) is 54.1. The molecule has 80 heavy (non-hydrogen) atoms. The summed E-state index contributed by atoms with van der Waals surface area (Å²) < 4.78 is 4.03. The number of benzene rings is 10. The van der Waals surface area contributed by atoms with E-state index in [0.717, 1.165) is 117 Å². The molecular weight excluding hydrogens is 971 g/mol. The van der Waals surface area contributed by atoms with Gasteiger partial charge in [0.25, 0.3) is 0 Å². The van der Waals surface area contributed by atoms with Gasteiger partial charge in [0.2, 0.25) is 0 Å². The minimum atomic E-state index is 0.912. The van der Waals surface area contributed by atoms with E-state index in [2.05, 4.69) is 299 Å². The molecule has 3 aromatic heterocycles. The fourth-order valence-corrected chi connectivity index (χ4v) is 11.1. The summed E-state index contributed by atoms with van der Waals surface area (Å²) in [5.74, 6) is 0. The van der Waals surface area contributed by atoms with E-state index < -0.39 is 0 Å². The van der Waals surface area contributed by atoms with Crippen LogP contribution >= 0.6 is 0 Å². The standard InChI is InChI=1S/C75H57N5/c1-50-47-77-79(52(50)3)65-38-34-57(35-39-65)67-24-11-13-26-69(67)62-43-63(70-27-14-12-25-68(70)58-36-40-66(41-37-58)80-53(4)51(2)48-78-80)45-64(44-62)71-28-15-16-29-72(71)74-49-76-75(61-23-17-22-60(42-61)55-20-9-6-10-21-55)46-73(74)59-32-30-56(31-33-59)54-18-7-5-8-19-54/h5-49H,1-4H3. The van der Waals surface area contributed by atoms with Gasteiger partial charge in [-0.25, -0.2) is 9.36 Å². The van der Waals surface area contributed by atoms with Crippen molar-refractivity contribution in [2.75, 3.05) is 0 Å². The number of aromatic nitrogens is 5. The van der Waals surface area contributed by atoms with Crippen molar-refractivity contribution in [3.8, 4) is 123 Å². The Balaban J connectivity index is 0.983. The number of hydrogen-bond acceptors (Lipinski definition) is 3. The molecular formula is C75H57N5. The maximum Gasteiger partial charge on any atom is 0.0708 e. The summed E-state index contributed by atoms with van der Waals surface area (Å²) in [4.78, 5) is 5.32. The summed E-state index contributed by atoms with van der Waals surface area (Å²) in [6.07, 6.45) is 5.95. The lowest BCUT2D eigenvalue weighted by atomic mass is 9.85. The second kappa shape index (κ2) is 21.3. The Kier molecular flexibility index (Phi) is 13.1. The summed E-state index contributed by atoms with van der Waals surface area (Å²) in [6.45, 7) is 8.44. The van der Waals surface area contributed by atoms with Crippen LogP contribution in [-0.2, 0) is 0 Å². The molecule has 0 unspecified atom stereocenters. The van der Waals surface area contributed by atoms with E-state index in [0.29, 0.717) is 0 Å². The van der Waals surface area contributed by atoms with Gasteiger partial charge in [-0.2, -0.15) is 10.2 Å². The molecule has 0 N–H and O–H groups in total. The van der Waals surface area contributed by atoms with Crippen molar-refractivity contribution in [3.05, 3.63) is 296 Å². The van der Waals surface area contributed by atoms with E-state index in [1.54, 1.807) is 0 Å². The van der Waals surface area contributed by atoms with Gasteiger partial charge in [-0.1, -0.05) is 200 Å². The van der Waals surface area contributed by atoms with Gasteiger partial charge < -0.3 is 0 Å². The predicted molar refractivity (Wildman–Crippen MR) is 332 cm³/mol. The zero-order valence-electron chi connectivity index (χ0n) is 45.2. The Hall–Kier alpha value is -10.2. The highest BCUT2D eigenvalue weighted by Crippen LogP contribution is 2.45. The molecule has 0 atom stereocenters. The van der Waals surface area contributed by atoms with Crippen molar-refractivity contribution in [2.24, 2.45) is 0 Å². The molecule has 0 saturated carbocycles. The van der Waals surface area contributed by atoms with Crippen molar-refractivity contribution >= 4 is 0 Å². The van der Waals surface area contributed by atoms with Gasteiger partial charge >= 0.3 is 0 Å².